The van der Waals surface area contributed by atoms with E-state index in [2.05, 4.69) is 10.2 Å². The van der Waals surface area contributed by atoms with Crippen molar-refractivity contribution in [3.05, 3.63) is 53.6 Å². The minimum absolute atomic E-state index is 0.0368. The second-order valence-corrected chi connectivity index (χ2v) is 8.09. The molecule has 2 amide bonds. The van der Waals surface area contributed by atoms with Crippen molar-refractivity contribution in [2.75, 3.05) is 36.4 Å². The molecule has 2 aliphatic rings. The molecule has 1 saturated heterocycles. The molecule has 158 valence electrons. The molecule has 0 spiro atoms. The largest absolute Gasteiger partial charge is 0.477 e. The number of piperidine rings is 1. The van der Waals surface area contributed by atoms with Crippen LogP contribution in [-0.2, 0) is 9.59 Å². The first-order valence-electron chi connectivity index (χ1n) is 10.5. The van der Waals surface area contributed by atoms with Crippen LogP contribution in [0.15, 0.2) is 48.5 Å². The number of halogens is 1. The molecule has 30 heavy (non-hydrogen) atoms. The van der Waals surface area contributed by atoms with Crippen LogP contribution in [0.25, 0.3) is 0 Å². The van der Waals surface area contributed by atoms with Gasteiger partial charge in [-0.1, -0.05) is 35.9 Å². The number of hydrogen-bond donors (Lipinski definition) is 1. The first-order chi connectivity index (χ1) is 14.6. The summed E-state index contributed by atoms with van der Waals surface area (Å²) in [5, 5.41) is 3.36. The number of nitrogens with zero attached hydrogens (tertiary/aromatic N) is 2. The smallest absolute Gasteiger partial charge is 0.265 e. The van der Waals surface area contributed by atoms with Gasteiger partial charge in [0.15, 0.2) is 6.10 Å². The van der Waals surface area contributed by atoms with Crippen LogP contribution in [0.1, 0.15) is 25.7 Å². The number of carbonyl (C=O) groups excluding carboxylic acids is 2. The highest BCUT2D eigenvalue weighted by Crippen LogP contribution is 2.34. The number of anilines is 2. The van der Waals surface area contributed by atoms with Crippen LogP contribution < -0.4 is 15.0 Å². The van der Waals surface area contributed by atoms with Crippen molar-refractivity contribution in [1.29, 1.82) is 0 Å². The number of rotatable bonds is 5. The summed E-state index contributed by atoms with van der Waals surface area (Å²) in [5.41, 5.74) is 1.51. The van der Waals surface area contributed by atoms with Crippen molar-refractivity contribution in [2.24, 2.45) is 0 Å². The van der Waals surface area contributed by atoms with Crippen LogP contribution in [-0.4, -0.2) is 49.0 Å². The Kier molecular flexibility index (Phi) is 6.43. The molecule has 2 aromatic carbocycles. The highest BCUT2D eigenvalue weighted by Gasteiger charge is 2.33. The van der Waals surface area contributed by atoms with Gasteiger partial charge in [0, 0.05) is 26.1 Å². The lowest BCUT2D eigenvalue weighted by molar-refractivity contribution is -0.139. The maximum absolute atomic E-state index is 13.0. The molecule has 4 rings (SSSR count). The Morgan fingerprint density at radius 2 is 1.77 bits per heavy atom. The van der Waals surface area contributed by atoms with E-state index in [9.17, 15) is 9.59 Å². The van der Waals surface area contributed by atoms with Gasteiger partial charge >= 0.3 is 0 Å². The van der Waals surface area contributed by atoms with Crippen LogP contribution in [0.2, 0.25) is 5.02 Å². The number of para-hydroxylation sites is 3. The van der Waals surface area contributed by atoms with E-state index in [1.165, 1.54) is 6.42 Å². The number of hydrogen-bond acceptors (Lipinski definition) is 4. The van der Waals surface area contributed by atoms with Crippen molar-refractivity contribution in [3.63, 3.8) is 0 Å². The molecule has 1 fully saturated rings. The van der Waals surface area contributed by atoms with Gasteiger partial charge in [0.1, 0.15) is 5.75 Å². The van der Waals surface area contributed by atoms with Gasteiger partial charge in [0.2, 0.25) is 5.91 Å². The highest BCUT2D eigenvalue weighted by atomic mass is 35.5. The third-order valence-electron chi connectivity index (χ3n) is 5.56. The summed E-state index contributed by atoms with van der Waals surface area (Å²) in [5.74, 6) is 0.603. The zero-order valence-corrected chi connectivity index (χ0v) is 17.6. The number of fused-ring (bicyclic) bond motifs is 1. The topological polar surface area (TPSA) is 61.9 Å². The van der Waals surface area contributed by atoms with Crippen molar-refractivity contribution >= 4 is 34.8 Å². The molecular weight excluding hydrogens is 402 g/mol. The van der Waals surface area contributed by atoms with Gasteiger partial charge in [0.25, 0.3) is 5.91 Å². The van der Waals surface area contributed by atoms with Crippen LogP contribution in [0.5, 0.6) is 5.75 Å². The zero-order valence-electron chi connectivity index (χ0n) is 16.9. The maximum atomic E-state index is 13.0. The number of carbonyl (C=O) groups is 2. The number of benzene rings is 2. The fourth-order valence-corrected chi connectivity index (χ4v) is 4.16. The third-order valence-corrected chi connectivity index (χ3v) is 5.89. The van der Waals surface area contributed by atoms with E-state index in [4.69, 9.17) is 16.3 Å². The molecule has 0 radical (unpaired) electrons. The maximum Gasteiger partial charge on any atom is 0.265 e. The SMILES string of the molecule is O=C(CCN1CC(C(=O)N2CCCCC2)Oc2ccccc21)Nc1ccccc1Cl. The van der Waals surface area contributed by atoms with Crippen molar-refractivity contribution in [3.8, 4) is 5.75 Å². The Hall–Kier alpha value is -2.73. The van der Waals surface area contributed by atoms with Gasteiger partial charge in [-0.25, -0.2) is 0 Å². The normalized spacial score (nSPS) is 18.4. The van der Waals surface area contributed by atoms with Crippen molar-refractivity contribution in [1.82, 2.24) is 4.90 Å². The number of nitrogens with one attached hydrogen (secondary N) is 1. The Morgan fingerprint density at radius 1 is 1.03 bits per heavy atom. The van der Waals surface area contributed by atoms with E-state index in [0.29, 0.717) is 29.5 Å². The summed E-state index contributed by atoms with van der Waals surface area (Å²) in [7, 11) is 0. The van der Waals surface area contributed by atoms with Gasteiger partial charge in [-0.3, -0.25) is 9.59 Å². The molecule has 1 unspecified atom stereocenters. The molecule has 0 aromatic heterocycles. The van der Waals surface area contributed by atoms with E-state index in [-0.39, 0.29) is 18.2 Å². The second-order valence-electron chi connectivity index (χ2n) is 7.68. The molecular formula is C23H26ClN3O3. The van der Waals surface area contributed by atoms with Crippen LogP contribution in [0.3, 0.4) is 0 Å². The predicted molar refractivity (Wildman–Crippen MR) is 118 cm³/mol. The van der Waals surface area contributed by atoms with Crippen molar-refractivity contribution in [2.45, 2.75) is 31.8 Å². The molecule has 7 heteroatoms. The van der Waals surface area contributed by atoms with E-state index in [1.807, 2.05) is 41.3 Å². The zero-order chi connectivity index (χ0) is 20.9. The molecule has 1 N–H and O–H groups in total. The molecule has 2 aliphatic heterocycles. The van der Waals surface area contributed by atoms with Gasteiger partial charge in [-0.15, -0.1) is 0 Å². The quantitative estimate of drug-likeness (QED) is 0.784. The number of amides is 2. The van der Waals surface area contributed by atoms with Gasteiger partial charge in [-0.05, 0) is 43.5 Å². The monoisotopic (exact) mass is 427 g/mol. The third kappa shape index (κ3) is 4.70. The van der Waals surface area contributed by atoms with Gasteiger partial charge in [0.05, 0.1) is 22.9 Å². The first-order valence-corrected chi connectivity index (χ1v) is 10.8. The molecule has 1 atom stereocenters. The molecule has 0 aliphatic carbocycles. The predicted octanol–water partition coefficient (Wildman–Crippen LogP) is 3.95. The van der Waals surface area contributed by atoms with E-state index in [0.717, 1.165) is 31.6 Å². The summed E-state index contributed by atoms with van der Waals surface area (Å²) >= 11 is 6.13. The fourth-order valence-electron chi connectivity index (χ4n) is 3.98. The minimum Gasteiger partial charge on any atom is -0.477 e. The van der Waals surface area contributed by atoms with Gasteiger partial charge in [-0.2, -0.15) is 0 Å². The average molecular weight is 428 g/mol. The van der Waals surface area contributed by atoms with Crippen LogP contribution >= 0.6 is 11.6 Å². The van der Waals surface area contributed by atoms with Gasteiger partial charge < -0.3 is 19.9 Å². The van der Waals surface area contributed by atoms with Crippen LogP contribution in [0, 0.1) is 0 Å². The molecule has 2 aromatic rings. The van der Waals surface area contributed by atoms with E-state index < -0.39 is 6.10 Å². The Labute approximate surface area is 181 Å². The lowest BCUT2D eigenvalue weighted by Crippen LogP contribution is -2.51. The lowest BCUT2D eigenvalue weighted by atomic mass is 10.1. The number of ether oxygens (including phenoxy) is 1. The van der Waals surface area contributed by atoms with Crippen LogP contribution in [0.4, 0.5) is 11.4 Å². The Morgan fingerprint density at radius 3 is 2.57 bits per heavy atom. The molecule has 0 bridgehead atoms. The average Bonchev–Trinajstić information content (AvgIpc) is 2.79. The summed E-state index contributed by atoms with van der Waals surface area (Å²) in [6, 6.07) is 14.8. The molecule has 2 heterocycles. The Balaban J connectivity index is 1.42. The highest BCUT2D eigenvalue weighted by molar-refractivity contribution is 6.33. The molecule has 0 saturated carbocycles. The summed E-state index contributed by atoms with van der Waals surface area (Å²) in [6.07, 6.45) is 2.99. The Bertz CT molecular complexity index is 914. The minimum atomic E-state index is -0.551. The van der Waals surface area contributed by atoms with Crippen molar-refractivity contribution < 1.29 is 14.3 Å². The first kappa shape index (κ1) is 20.5. The standard InChI is InChI=1S/C23H26ClN3O3/c24-17-8-2-3-9-18(17)25-22(28)12-15-27-16-21(23(29)26-13-6-1-7-14-26)30-20-11-5-4-10-19(20)27/h2-5,8-11,21H,1,6-7,12-16H2,(H,25,28). The summed E-state index contributed by atoms with van der Waals surface area (Å²) in [6.45, 7) is 2.51. The fraction of sp³-hybridized carbons (Fsp3) is 0.391. The lowest BCUT2D eigenvalue weighted by Gasteiger charge is -2.38. The van der Waals surface area contributed by atoms with E-state index >= 15 is 0 Å². The summed E-state index contributed by atoms with van der Waals surface area (Å²) in [4.78, 5) is 29.5. The molecule has 6 nitrogen and oxygen atoms in total. The summed E-state index contributed by atoms with van der Waals surface area (Å²) < 4.78 is 6.04. The van der Waals surface area contributed by atoms with E-state index in [1.54, 1.807) is 12.1 Å². The number of likely N-dealkylation sites (tertiary alicyclic amines) is 1. The second kappa shape index (κ2) is 9.39.